The summed E-state index contributed by atoms with van der Waals surface area (Å²) in [4.78, 5) is 29.6. The molecule has 5 nitrogen and oxygen atoms in total. The van der Waals surface area contributed by atoms with Crippen LogP contribution in [0, 0.1) is 6.92 Å². The van der Waals surface area contributed by atoms with Gasteiger partial charge >= 0.3 is 0 Å². The van der Waals surface area contributed by atoms with E-state index in [9.17, 15) is 9.59 Å². The van der Waals surface area contributed by atoms with Crippen LogP contribution in [0.4, 0.5) is 5.82 Å². The predicted molar refractivity (Wildman–Crippen MR) is 95.6 cm³/mol. The van der Waals surface area contributed by atoms with Crippen LogP contribution in [0.1, 0.15) is 5.56 Å². The summed E-state index contributed by atoms with van der Waals surface area (Å²) >= 11 is 1.57. The van der Waals surface area contributed by atoms with Crippen molar-refractivity contribution in [1.29, 1.82) is 0 Å². The largest absolute Gasteiger partial charge is 0.373 e. The molecule has 0 saturated heterocycles. The number of aromatic nitrogens is 2. The summed E-state index contributed by atoms with van der Waals surface area (Å²) in [5.74, 6) is 0.661. The zero-order valence-electron chi connectivity index (χ0n) is 13.2. The minimum absolute atomic E-state index is 0.0531. The van der Waals surface area contributed by atoms with E-state index >= 15 is 0 Å². The highest BCUT2D eigenvalue weighted by Crippen LogP contribution is 2.30. The van der Waals surface area contributed by atoms with Crippen LogP contribution in [0.3, 0.4) is 0 Å². The van der Waals surface area contributed by atoms with E-state index in [0.717, 1.165) is 22.3 Å². The number of aldehydes is 1. The summed E-state index contributed by atoms with van der Waals surface area (Å²) in [6, 6.07) is 7.31. The number of aryl methyl sites for hydroxylation is 1. The number of hydrogen-bond donors (Lipinski definition) is 1. The van der Waals surface area contributed by atoms with E-state index in [1.54, 1.807) is 30.9 Å². The van der Waals surface area contributed by atoms with Gasteiger partial charge in [-0.15, -0.1) is 11.8 Å². The van der Waals surface area contributed by atoms with Gasteiger partial charge in [-0.3, -0.25) is 4.79 Å². The molecule has 0 radical (unpaired) electrons. The summed E-state index contributed by atoms with van der Waals surface area (Å²) in [5, 5.41) is 4.12. The van der Waals surface area contributed by atoms with Gasteiger partial charge < -0.3 is 14.7 Å². The number of carbonyl (C=O) groups is 1. The Morgan fingerprint density at radius 1 is 1.26 bits per heavy atom. The molecule has 0 bridgehead atoms. The van der Waals surface area contributed by atoms with Crippen molar-refractivity contribution in [3.63, 3.8) is 0 Å². The number of pyridine rings is 2. The first-order chi connectivity index (χ1) is 11.1. The van der Waals surface area contributed by atoms with Crippen molar-refractivity contribution in [2.75, 3.05) is 18.6 Å². The molecule has 1 N–H and O–H groups in total. The molecule has 0 aliphatic carbocycles. The van der Waals surface area contributed by atoms with E-state index in [4.69, 9.17) is 0 Å². The predicted octanol–water partition coefficient (Wildman–Crippen LogP) is 2.82. The Balaban J connectivity index is 2.62. The van der Waals surface area contributed by atoms with E-state index < -0.39 is 0 Å². The Hall–Kier alpha value is -2.34. The molecule has 0 aliphatic rings. The Labute approximate surface area is 137 Å². The van der Waals surface area contributed by atoms with Gasteiger partial charge in [0.1, 0.15) is 17.8 Å². The first-order valence-electron chi connectivity index (χ1n) is 7.24. The van der Waals surface area contributed by atoms with E-state index in [1.807, 2.05) is 29.9 Å². The molecule has 23 heavy (non-hydrogen) atoms. The van der Waals surface area contributed by atoms with Crippen molar-refractivity contribution in [2.24, 2.45) is 0 Å². The van der Waals surface area contributed by atoms with Gasteiger partial charge in [0.2, 0.25) is 0 Å². The number of fused-ring (bicyclic) bond motifs is 2. The molecule has 2 heterocycles. The van der Waals surface area contributed by atoms with Crippen molar-refractivity contribution < 1.29 is 4.79 Å². The second-order valence-corrected chi connectivity index (χ2v) is 6.05. The lowest BCUT2D eigenvalue weighted by atomic mass is 10.1. The summed E-state index contributed by atoms with van der Waals surface area (Å²) in [5.41, 5.74) is 2.33. The van der Waals surface area contributed by atoms with Crippen LogP contribution in [0.25, 0.3) is 21.9 Å². The van der Waals surface area contributed by atoms with Crippen LogP contribution >= 0.6 is 11.8 Å². The van der Waals surface area contributed by atoms with E-state index in [-0.39, 0.29) is 12.0 Å². The number of anilines is 1. The molecule has 118 valence electrons. The zero-order valence-corrected chi connectivity index (χ0v) is 14.0. The number of benzene rings is 1. The fraction of sp³-hybridized carbons (Fsp3) is 0.235. The molecular formula is C17H17N3O2S. The van der Waals surface area contributed by atoms with Crippen molar-refractivity contribution >= 4 is 45.8 Å². The molecule has 3 rings (SSSR count). The number of hydrogen-bond acceptors (Lipinski definition) is 5. The fourth-order valence-electron chi connectivity index (χ4n) is 2.85. The number of thioether (sulfide) groups is 1. The second-order valence-electron chi connectivity index (χ2n) is 5.24. The minimum Gasteiger partial charge on any atom is -0.373 e. The lowest BCUT2D eigenvalue weighted by Crippen LogP contribution is -2.15. The van der Waals surface area contributed by atoms with Crippen LogP contribution in [-0.4, -0.2) is 29.1 Å². The highest BCUT2D eigenvalue weighted by atomic mass is 32.2. The molecular weight excluding hydrogens is 310 g/mol. The van der Waals surface area contributed by atoms with Crippen LogP contribution in [0.15, 0.2) is 34.0 Å². The van der Waals surface area contributed by atoms with Gasteiger partial charge in [-0.25, -0.2) is 4.98 Å². The zero-order chi connectivity index (χ0) is 16.6. The SMILES string of the molecule is CNc1ccc2c(=O)c3ccc(C)c(SC)c3n(CC=O)c2n1. The molecule has 2 aromatic heterocycles. The Bertz CT molecular complexity index is 979. The molecule has 0 unspecified atom stereocenters. The Kier molecular flexibility index (Phi) is 4.09. The van der Waals surface area contributed by atoms with E-state index in [1.165, 1.54) is 0 Å². The fourth-order valence-corrected chi connectivity index (χ4v) is 3.66. The third-order valence-electron chi connectivity index (χ3n) is 3.94. The summed E-state index contributed by atoms with van der Waals surface area (Å²) in [6.45, 7) is 2.16. The molecule has 0 fully saturated rings. The van der Waals surface area contributed by atoms with Gasteiger partial charge in [-0.2, -0.15) is 0 Å². The van der Waals surface area contributed by atoms with Crippen LogP contribution < -0.4 is 10.7 Å². The smallest absolute Gasteiger partial charge is 0.198 e. The quantitative estimate of drug-likeness (QED) is 0.453. The number of carbonyl (C=O) groups excluding carboxylic acids is 1. The van der Waals surface area contributed by atoms with Crippen molar-refractivity contribution in [3.8, 4) is 0 Å². The van der Waals surface area contributed by atoms with Gasteiger partial charge in [-0.1, -0.05) is 6.07 Å². The maximum Gasteiger partial charge on any atom is 0.198 e. The van der Waals surface area contributed by atoms with Crippen LogP contribution in [0.2, 0.25) is 0 Å². The summed E-state index contributed by atoms with van der Waals surface area (Å²) in [7, 11) is 1.77. The minimum atomic E-state index is -0.0531. The molecule has 0 saturated carbocycles. The third-order valence-corrected chi connectivity index (χ3v) is 4.86. The van der Waals surface area contributed by atoms with Crippen molar-refractivity contribution in [2.45, 2.75) is 18.4 Å². The van der Waals surface area contributed by atoms with Crippen LogP contribution in [-0.2, 0) is 11.3 Å². The first-order valence-corrected chi connectivity index (χ1v) is 8.47. The van der Waals surface area contributed by atoms with Gasteiger partial charge in [0, 0.05) is 17.3 Å². The molecule has 0 amide bonds. The number of rotatable bonds is 4. The average Bonchev–Trinajstić information content (AvgIpc) is 2.57. The Morgan fingerprint density at radius 3 is 2.65 bits per heavy atom. The number of nitrogens with zero attached hydrogens (tertiary/aromatic N) is 2. The first kappa shape index (κ1) is 15.6. The average molecular weight is 327 g/mol. The molecule has 0 spiro atoms. The molecule has 1 aromatic carbocycles. The lowest BCUT2D eigenvalue weighted by molar-refractivity contribution is -0.108. The van der Waals surface area contributed by atoms with Gasteiger partial charge in [-0.05, 0) is 36.9 Å². The lowest BCUT2D eigenvalue weighted by Gasteiger charge is -2.16. The molecule has 6 heteroatoms. The molecule has 0 aliphatic heterocycles. The second kappa shape index (κ2) is 6.04. The van der Waals surface area contributed by atoms with Gasteiger partial charge in [0.05, 0.1) is 17.4 Å². The molecule has 3 aromatic rings. The van der Waals surface area contributed by atoms with Crippen molar-refractivity contribution in [1.82, 2.24) is 9.55 Å². The van der Waals surface area contributed by atoms with Gasteiger partial charge in [0.25, 0.3) is 0 Å². The monoisotopic (exact) mass is 327 g/mol. The summed E-state index contributed by atoms with van der Waals surface area (Å²) in [6.07, 6.45) is 2.81. The van der Waals surface area contributed by atoms with Gasteiger partial charge in [0.15, 0.2) is 5.43 Å². The summed E-state index contributed by atoms with van der Waals surface area (Å²) < 4.78 is 1.83. The van der Waals surface area contributed by atoms with E-state index in [0.29, 0.717) is 22.2 Å². The number of nitrogens with one attached hydrogen (secondary N) is 1. The third kappa shape index (κ3) is 2.39. The van der Waals surface area contributed by atoms with E-state index in [2.05, 4.69) is 10.3 Å². The highest BCUT2D eigenvalue weighted by molar-refractivity contribution is 7.98. The van der Waals surface area contributed by atoms with Crippen LogP contribution in [0.5, 0.6) is 0 Å². The normalized spacial score (nSPS) is 11.1. The molecule has 0 atom stereocenters. The maximum atomic E-state index is 12.9. The standard InChI is InChI=1S/C17H17N3O2S/c1-10-4-5-11-14(16(10)23-3)20(8-9-21)17-12(15(11)22)6-7-13(18-2)19-17/h4-7,9H,8H2,1-3H3,(H,18,19). The topological polar surface area (TPSA) is 64.0 Å². The maximum absolute atomic E-state index is 12.9. The van der Waals surface area contributed by atoms with Crippen molar-refractivity contribution in [3.05, 3.63) is 40.1 Å². The highest BCUT2D eigenvalue weighted by Gasteiger charge is 2.16. The Morgan fingerprint density at radius 2 is 2.00 bits per heavy atom.